The molecule has 1 amide bonds. The van der Waals surface area contributed by atoms with Gasteiger partial charge in [-0.15, -0.1) is 0 Å². The Morgan fingerprint density at radius 2 is 1.68 bits per heavy atom. The van der Waals surface area contributed by atoms with Gasteiger partial charge >= 0.3 is 0 Å². The number of fused-ring (bicyclic) bond motifs is 1. The van der Waals surface area contributed by atoms with E-state index >= 15 is 0 Å². The smallest absolute Gasteiger partial charge is 0.295 e. The number of benzene rings is 4. The molecule has 2 aliphatic heterocycles. The molecule has 4 aliphatic rings. The van der Waals surface area contributed by atoms with Crippen molar-refractivity contribution in [1.82, 2.24) is 14.6 Å². The normalized spacial score (nSPS) is 18.3. The molecule has 4 aromatic rings. The first-order chi connectivity index (χ1) is 28.8. The van der Waals surface area contributed by atoms with Crippen LogP contribution in [0.3, 0.4) is 0 Å². The standard InChI is InChI=1S/C46H51ClN6O6S/c1-46(2)21-20-34(40(30-46)33-12-14-35(47)15-13-33)31-50-24-26-51(27-25-50)36-16-18-39(44(28-36)59-43-11-7-9-32-8-6-10-38(32)43)45(54)49-60(57,58)37-17-19-41(42(29-37)53(55)56)48-52-22-4-3-5-23-52/h6-7,9-19,28-29,48H,3-5,8,20-27,30-31H2,1-2H3,(H,49,54). The number of nitrogens with one attached hydrogen (secondary N) is 2. The van der Waals surface area contributed by atoms with Crippen molar-refractivity contribution in [3.8, 4) is 11.5 Å². The van der Waals surface area contributed by atoms with Crippen LogP contribution in [0, 0.1) is 15.5 Å². The number of nitrogens with zero attached hydrogens (tertiary/aromatic N) is 4. The summed E-state index contributed by atoms with van der Waals surface area (Å²) in [5, 5.41) is 14.7. The fourth-order valence-corrected chi connectivity index (χ4v) is 9.79. The molecule has 60 heavy (non-hydrogen) atoms. The molecule has 4 aromatic carbocycles. The maximum atomic E-state index is 14.0. The van der Waals surface area contributed by atoms with Gasteiger partial charge < -0.3 is 15.1 Å². The fraction of sp³-hybridized carbons (Fsp3) is 0.370. The summed E-state index contributed by atoms with van der Waals surface area (Å²) in [6, 6.07) is 22.8. The van der Waals surface area contributed by atoms with Gasteiger partial charge in [-0.25, -0.2) is 18.1 Å². The summed E-state index contributed by atoms with van der Waals surface area (Å²) < 4.78 is 36.0. The Bertz CT molecular complexity index is 2460. The Labute approximate surface area is 357 Å². The Morgan fingerprint density at radius 3 is 2.43 bits per heavy atom. The summed E-state index contributed by atoms with van der Waals surface area (Å²) in [6.45, 7) is 10.2. The predicted octanol–water partition coefficient (Wildman–Crippen LogP) is 9.33. The number of carbonyl (C=O) groups is 1. The van der Waals surface area contributed by atoms with Gasteiger partial charge in [0.2, 0.25) is 0 Å². The number of piperidine rings is 1. The van der Waals surface area contributed by atoms with Crippen LogP contribution in [0.2, 0.25) is 5.02 Å². The Morgan fingerprint density at radius 1 is 0.917 bits per heavy atom. The molecule has 2 fully saturated rings. The van der Waals surface area contributed by atoms with E-state index in [-0.39, 0.29) is 22.4 Å². The maximum Gasteiger partial charge on any atom is 0.295 e. The minimum absolute atomic E-state index is 0.0142. The van der Waals surface area contributed by atoms with Crippen LogP contribution < -0.4 is 19.8 Å². The van der Waals surface area contributed by atoms with Crippen molar-refractivity contribution >= 4 is 56.2 Å². The number of halogens is 1. The lowest BCUT2D eigenvalue weighted by Gasteiger charge is -2.39. The Kier molecular flexibility index (Phi) is 12.0. The van der Waals surface area contributed by atoms with Gasteiger partial charge in [-0.1, -0.05) is 73.9 Å². The van der Waals surface area contributed by atoms with E-state index in [1.54, 1.807) is 12.1 Å². The number of hydrogen-bond donors (Lipinski definition) is 2. The van der Waals surface area contributed by atoms with Crippen molar-refractivity contribution in [3.63, 3.8) is 0 Å². The number of rotatable bonds is 12. The lowest BCUT2D eigenvalue weighted by Crippen LogP contribution is -2.47. The summed E-state index contributed by atoms with van der Waals surface area (Å²) in [6.07, 6.45) is 11.0. The van der Waals surface area contributed by atoms with E-state index < -0.39 is 31.4 Å². The molecule has 2 heterocycles. The van der Waals surface area contributed by atoms with Crippen LogP contribution in [0.15, 0.2) is 95.4 Å². The molecule has 12 nitrogen and oxygen atoms in total. The molecule has 0 unspecified atom stereocenters. The van der Waals surface area contributed by atoms with Crippen molar-refractivity contribution in [1.29, 1.82) is 0 Å². The number of piperazine rings is 1. The van der Waals surface area contributed by atoms with Gasteiger partial charge in [-0.05, 0) is 103 Å². The number of ether oxygens (including phenoxy) is 1. The van der Waals surface area contributed by atoms with Crippen LogP contribution in [0.25, 0.3) is 11.6 Å². The second kappa shape index (κ2) is 17.4. The third kappa shape index (κ3) is 9.39. The number of allylic oxidation sites excluding steroid dienone is 2. The highest BCUT2D eigenvalue weighted by atomic mass is 35.5. The van der Waals surface area contributed by atoms with E-state index in [1.807, 2.05) is 53.6 Å². The number of anilines is 2. The minimum atomic E-state index is -4.53. The first-order valence-corrected chi connectivity index (χ1v) is 22.6. The van der Waals surface area contributed by atoms with E-state index in [2.05, 4.69) is 45.9 Å². The van der Waals surface area contributed by atoms with E-state index in [1.165, 1.54) is 28.8 Å². The fourth-order valence-electron chi connectivity index (χ4n) is 8.68. The van der Waals surface area contributed by atoms with Gasteiger partial charge in [-0.3, -0.25) is 19.8 Å². The van der Waals surface area contributed by atoms with Crippen molar-refractivity contribution < 1.29 is 22.9 Å². The van der Waals surface area contributed by atoms with Gasteiger partial charge in [0.05, 0.1) is 15.4 Å². The quantitative estimate of drug-likeness (QED) is 0.105. The number of carbonyl (C=O) groups excluding carboxylic acids is 1. The topological polar surface area (TPSA) is 137 Å². The molecule has 314 valence electrons. The molecule has 0 radical (unpaired) electrons. The minimum Gasteiger partial charge on any atom is -0.456 e. The van der Waals surface area contributed by atoms with Crippen LogP contribution in [0.1, 0.15) is 79.4 Å². The molecular formula is C46H51ClN6O6S. The number of nitro benzene ring substituents is 1. The number of hydrogen-bond acceptors (Lipinski definition) is 10. The van der Waals surface area contributed by atoms with Crippen molar-refractivity contribution in [3.05, 3.63) is 128 Å². The molecule has 2 N–H and O–H groups in total. The Balaban J connectivity index is 1.02. The number of hydrazine groups is 1. The van der Waals surface area contributed by atoms with Gasteiger partial charge in [0, 0.05) is 74.2 Å². The van der Waals surface area contributed by atoms with Crippen molar-refractivity contribution in [2.75, 3.05) is 56.1 Å². The van der Waals surface area contributed by atoms with Gasteiger partial charge in [-0.2, -0.15) is 0 Å². The molecule has 0 spiro atoms. The third-order valence-corrected chi connectivity index (χ3v) is 13.7. The van der Waals surface area contributed by atoms with E-state index in [4.69, 9.17) is 16.3 Å². The molecule has 2 saturated heterocycles. The number of nitro groups is 1. The second-order valence-electron chi connectivity index (χ2n) is 16.9. The third-order valence-electron chi connectivity index (χ3n) is 12.1. The highest BCUT2D eigenvalue weighted by Gasteiger charge is 2.31. The predicted molar refractivity (Wildman–Crippen MR) is 237 cm³/mol. The highest BCUT2D eigenvalue weighted by molar-refractivity contribution is 7.90. The summed E-state index contributed by atoms with van der Waals surface area (Å²) in [5.74, 6) is -0.165. The van der Waals surface area contributed by atoms with Crippen LogP contribution in [-0.4, -0.2) is 75.0 Å². The largest absolute Gasteiger partial charge is 0.456 e. The lowest BCUT2D eigenvalue weighted by molar-refractivity contribution is -0.384. The monoisotopic (exact) mass is 850 g/mol. The molecule has 0 bridgehead atoms. The van der Waals surface area contributed by atoms with E-state index in [9.17, 15) is 23.3 Å². The van der Waals surface area contributed by atoms with Crippen LogP contribution in [0.4, 0.5) is 17.1 Å². The van der Waals surface area contributed by atoms with Crippen molar-refractivity contribution in [2.24, 2.45) is 5.41 Å². The number of sulfonamides is 1. The Hall–Kier alpha value is -5.21. The molecule has 8 rings (SSSR count). The molecule has 0 saturated carbocycles. The van der Waals surface area contributed by atoms with E-state index in [0.717, 1.165) is 119 Å². The molecule has 0 aromatic heterocycles. The molecule has 0 atom stereocenters. The number of amides is 1. The summed E-state index contributed by atoms with van der Waals surface area (Å²) in [5.41, 5.74) is 10.1. The average Bonchev–Trinajstić information content (AvgIpc) is 3.72. The maximum absolute atomic E-state index is 14.0. The zero-order chi connectivity index (χ0) is 42.0. The van der Waals surface area contributed by atoms with Gasteiger partial charge in [0.15, 0.2) is 0 Å². The van der Waals surface area contributed by atoms with E-state index in [0.29, 0.717) is 5.75 Å². The highest BCUT2D eigenvalue weighted by Crippen LogP contribution is 2.44. The zero-order valence-electron chi connectivity index (χ0n) is 34.1. The average molecular weight is 851 g/mol. The van der Waals surface area contributed by atoms with Crippen LogP contribution in [0.5, 0.6) is 11.5 Å². The zero-order valence-corrected chi connectivity index (χ0v) is 35.7. The lowest BCUT2D eigenvalue weighted by atomic mass is 9.72. The van der Waals surface area contributed by atoms with Gasteiger partial charge in [0.25, 0.3) is 21.6 Å². The molecule has 2 aliphatic carbocycles. The SMILES string of the molecule is CC1(C)CCC(CN2CCN(c3ccc(C(=O)NS(=O)(=O)c4ccc(NN5CCCCC5)c([N+](=O)[O-])c4)c(Oc4cccc5c4C=CC5)c3)CC2)=C(c2ccc(Cl)cc2)C1. The van der Waals surface area contributed by atoms with Gasteiger partial charge in [0.1, 0.15) is 17.2 Å². The summed E-state index contributed by atoms with van der Waals surface area (Å²) in [4.78, 5) is 29.8. The first-order valence-electron chi connectivity index (χ1n) is 20.7. The summed E-state index contributed by atoms with van der Waals surface area (Å²) in [7, 11) is -4.53. The first kappa shape index (κ1) is 41.5. The van der Waals surface area contributed by atoms with Crippen LogP contribution in [-0.2, 0) is 16.4 Å². The van der Waals surface area contributed by atoms with Crippen molar-refractivity contribution in [2.45, 2.75) is 63.7 Å². The summed E-state index contributed by atoms with van der Waals surface area (Å²) >= 11 is 6.24. The molecular weight excluding hydrogens is 800 g/mol. The van der Waals surface area contributed by atoms with Crippen LogP contribution >= 0.6 is 11.6 Å². The second-order valence-corrected chi connectivity index (χ2v) is 19.1. The molecule has 14 heteroatoms.